The molecule has 1 saturated carbocycles. The van der Waals surface area contributed by atoms with Crippen LogP contribution in [0.1, 0.15) is 18.5 Å². The minimum absolute atomic E-state index is 0.0150. The van der Waals surface area contributed by atoms with Crippen LogP contribution in [0.15, 0.2) is 35.3 Å². The van der Waals surface area contributed by atoms with Crippen molar-refractivity contribution in [3.8, 4) is 0 Å². The van der Waals surface area contributed by atoms with Gasteiger partial charge in [-0.05, 0) is 37.4 Å². The second kappa shape index (κ2) is 4.30. The lowest BCUT2D eigenvalue weighted by Gasteiger charge is -2.05. The number of pyridine rings is 1. The summed E-state index contributed by atoms with van der Waals surface area (Å²) in [5, 5.41) is 3.34. The molecule has 4 heteroatoms. The van der Waals surface area contributed by atoms with Gasteiger partial charge in [0.2, 0.25) is 0 Å². The van der Waals surface area contributed by atoms with Crippen LogP contribution in [-0.4, -0.2) is 15.9 Å². The quantitative estimate of drug-likeness (QED) is 0.856. The summed E-state index contributed by atoms with van der Waals surface area (Å²) in [4.78, 5) is 16.3. The molecule has 2 heterocycles. The minimum atomic E-state index is -0.0150. The molecule has 1 aliphatic rings. The maximum absolute atomic E-state index is 11.8. The van der Waals surface area contributed by atoms with E-state index in [1.807, 2.05) is 18.2 Å². The molecule has 0 saturated heterocycles. The largest absolute Gasteiger partial charge is 0.311 e. The van der Waals surface area contributed by atoms with Gasteiger partial charge in [-0.15, -0.1) is 0 Å². The van der Waals surface area contributed by atoms with Gasteiger partial charge in [0.15, 0.2) is 0 Å². The Bertz CT molecular complexity index is 586. The van der Waals surface area contributed by atoms with Gasteiger partial charge >= 0.3 is 0 Å². The van der Waals surface area contributed by atoms with E-state index >= 15 is 0 Å². The Morgan fingerprint density at radius 2 is 2.29 bits per heavy atom. The molecule has 2 aromatic rings. The molecule has 1 N–H and O–H groups in total. The molecule has 4 nitrogen and oxygen atoms in total. The van der Waals surface area contributed by atoms with Gasteiger partial charge in [0.05, 0.1) is 5.69 Å². The van der Waals surface area contributed by atoms with Crippen molar-refractivity contribution in [1.82, 2.24) is 14.7 Å². The first kappa shape index (κ1) is 10.5. The van der Waals surface area contributed by atoms with Crippen LogP contribution >= 0.6 is 0 Å². The Kier molecular flexibility index (Phi) is 2.65. The Hall–Kier alpha value is -1.68. The van der Waals surface area contributed by atoms with Gasteiger partial charge in [0, 0.05) is 18.8 Å². The third kappa shape index (κ3) is 2.36. The van der Waals surface area contributed by atoms with Crippen LogP contribution in [-0.2, 0) is 6.54 Å². The van der Waals surface area contributed by atoms with Crippen LogP contribution in [0.2, 0.25) is 0 Å². The maximum Gasteiger partial charge on any atom is 0.258 e. The van der Waals surface area contributed by atoms with E-state index in [0.717, 1.165) is 18.2 Å². The van der Waals surface area contributed by atoms with Gasteiger partial charge in [-0.2, -0.15) is 0 Å². The van der Waals surface area contributed by atoms with E-state index in [-0.39, 0.29) is 5.56 Å². The Morgan fingerprint density at radius 1 is 1.41 bits per heavy atom. The Labute approximate surface area is 99.3 Å². The number of rotatable bonds is 4. The summed E-state index contributed by atoms with van der Waals surface area (Å²) < 4.78 is 1.56. The van der Waals surface area contributed by atoms with E-state index in [9.17, 15) is 4.79 Å². The summed E-state index contributed by atoms with van der Waals surface area (Å²) in [6, 6.07) is 7.18. The lowest BCUT2D eigenvalue weighted by molar-refractivity contribution is 0.629. The summed E-state index contributed by atoms with van der Waals surface area (Å²) in [6.07, 6.45) is 4.41. The normalized spacial score (nSPS) is 15.3. The van der Waals surface area contributed by atoms with E-state index < -0.39 is 0 Å². The van der Waals surface area contributed by atoms with Gasteiger partial charge in [-0.3, -0.25) is 9.20 Å². The zero-order valence-electron chi connectivity index (χ0n) is 9.60. The fourth-order valence-electron chi connectivity index (χ4n) is 1.92. The molecule has 0 unspecified atom stereocenters. The average molecular weight is 229 g/mol. The summed E-state index contributed by atoms with van der Waals surface area (Å²) in [5.41, 5.74) is 1.52. The molecule has 3 rings (SSSR count). The SMILES string of the molecule is O=c1cc(CNCC2CC2)nc2ccccn12. The number of fused-ring (bicyclic) bond motifs is 1. The summed E-state index contributed by atoms with van der Waals surface area (Å²) >= 11 is 0. The molecule has 17 heavy (non-hydrogen) atoms. The number of nitrogens with zero attached hydrogens (tertiary/aromatic N) is 2. The molecule has 0 atom stereocenters. The molecule has 1 fully saturated rings. The van der Waals surface area contributed by atoms with Crippen LogP contribution in [0.3, 0.4) is 0 Å². The van der Waals surface area contributed by atoms with Gasteiger partial charge < -0.3 is 5.32 Å². The van der Waals surface area contributed by atoms with E-state index in [2.05, 4.69) is 10.3 Å². The van der Waals surface area contributed by atoms with E-state index in [0.29, 0.717) is 12.2 Å². The monoisotopic (exact) mass is 229 g/mol. The Balaban J connectivity index is 1.81. The number of hydrogen-bond acceptors (Lipinski definition) is 3. The van der Waals surface area contributed by atoms with Gasteiger partial charge in [0.1, 0.15) is 5.65 Å². The van der Waals surface area contributed by atoms with Crippen molar-refractivity contribution >= 4 is 5.65 Å². The number of hydrogen-bond donors (Lipinski definition) is 1. The molecule has 0 aliphatic heterocycles. The summed E-state index contributed by atoms with van der Waals surface area (Å²) in [6.45, 7) is 1.72. The van der Waals surface area contributed by atoms with E-state index in [1.165, 1.54) is 12.8 Å². The number of aromatic nitrogens is 2. The molecule has 0 bridgehead atoms. The van der Waals surface area contributed by atoms with Crippen molar-refractivity contribution in [2.45, 2.75) is 19.4 Å². The smallest absolute Gasteiger partial charge is 0.258 e. The predicted octanol–water partition coefficient (Wildman–Crippen LogP) is 1.19. The van der Waals surface area contributed by atoms with E-state index in [4.69, 9.17) is 0 Å². The lowest BCUT2D eigenvalue weighted by Crippen LogP contribution is -2.21. The fourth-order valence-corrected chi connectivity index (χ4v) is 1.92. The number of nitrogens with one attached hydrogen (secondary N) is 1. The van der Waals surface area contributed by atoms with Gasteiger partial charge in [-0.25, -0.2) is 4.98 Å². The Morgan fingerprint density at radius 3 is 3.12 bits per heavy atom. The second-order valence-electron chi connectivity index (χ2n) is 4.59. The molecule has 0 spiro atoms. The topological polar surface area (TPSA) is 46.4 Å². The zero-order valence-corrected chi connectivity index (χ0v) is 9.60. The van der Waals surface area contributed by atoms with Crippen LogP contribution in [0.4, 0.5) is 0 Å². The molecule has 88 valence electrons. The van der Waals surface area contributed by atoms with Crippen molar-refractivity contribution < 1.29 is 0 Å². The molecular weight excluding hydrogens is 214 g/mol. The molecule has 0 amide bonds. The molecule has 0 radical (unpaired) electrons. The molecular formula is C13H15N3O. The minimum Gasteiger partial charge on any atom is -0.311 e. The van der Waals surface area contributed by atoms with Gasteiger partial charge in [0.25, 0.3) is 5.56 Å². The first-order chi connectivity index (χ1) is 8.33. The average Bonchev–Trinajstić information content (AvgIpc) is 3.13. The lowest BCUT2D eigenvalue weighted by atomic mass is 10.3. The van der Waals surface area contributed by atoms with Gasteiger partial charge in [-0.1, -0.05) is 6.07 Å². The first-order valence-corrected chi connectivity index (χ1v) is 6.01. The van der Waals surface area contributed by atoms with E-state index in [1.54, 1.807) is 16.7 Å². The molecule has 2 aromatic heterocycles. The van der Waals surface area contributed by atoms with Crippen LogP contribution in [0.5, 0.6) is 0 Å². The van der Waals surface area contributed by atoms with Crippen LogP contribution in [0.25, 0.3) is 5.65 Å². The summed E-state index contributed by atoms with van der Waals surface area (Å²) in [5.74, 6) is 0.844. The zero-order chi connectivity index (χ0) is 11.7. The highest BCUT2D eigenvalue weighted by molar-refractivity contribution is 5.37. The van der Waals surface area contributed by atoms with Crippen molar-refractivity contribution in [1.29, 1.82) is 0 Å². The maximum atomic E-state index is 11.8. The van der Waals surface area contributed by atoms with Crippen LogP contribution < -0.4 is 10.9 Å². The summed E-state index contributed by atoms with van der Waals surface area (Å²) in [7, 11) is 0. The van der Waals surface area contributed by atoms with Crippen LogP contribution in [0, 0.1) is 5.92 Å². The third-order valence-corrected chi connectivity index (χ3v) is 3.06. The first-order valence-electron chi connectivity index (χ1n) is 6.01. The third-order valence-electron chi connectivity index (χ3n) is 3.06. The predicted molar refractivity (Wildman–Crippen MR) is 65.9 cm³/mol. The van der Waals surface area contributed by atoms with Crippen molar-refractivity contribution in [3.05, 3.63) is 46.5 Å². The molecule has 1 aliphatic carbocycles. The highest BCUT2D eigenvalue weighted by atomic mass is 16.1. The highest BCUT2D eigenvalue weighted by Crippen LogP contribution is 2.27. The highest BCUT2D eigenvalue weighted by Gasteiger charge is 2.20. The second-order valence-corrected chi connectivity index (χ2v) is 4.59. The standard InChI is InChI=1S/C13H15N3O/c17-13-7-11(9-14-8-10-4-5-10)15-12-3-1-2-6-16(12)13/h1-3,6-7,10,14H,4-5,8-9H2. The fraction of sp³-hybridized carbons (Fsp3) is 0.385. The van der Waals surface area contributed by atoms with Crippen molar-refractivity contribution in [2.75, 3.05) is 6.54 Å². The van der Waals surface area contributed by atoms with Crippen molar-refractivity contribution in [3.63, 3.8) is 0 Å². The molecule has 0 aromatic carbocycles. The van der Waals surface area contributed by atoms with Crippen molar-refractivity contribution in [2.24, 2.45) is 5.92 Å².